The summed E-state index contributed by atoms with van der Waals surface area (Å²) >= 11 is 0. The number of rotatable bonds is 9. The lowest BCUT2D eigenvalue weighted by Gasteiger charge is -2.17. The zero-order chi connectivity index (χ0) is 25.8. The van der Waals surface area contributed by atoms with Crippen molar-refractivity contribution in [1.82, 2.24) is 19.0 Å². The molecule has 1 amide bonds. The molecule has 0 aliphatic rings. The van der Waals surface area contributed by atoms with E-state index in [2.05, 4.69) is 81.8 Å². The van der Waals surface area contributed by atoms with Gasteiger partial charge in [0, 0.05) is 44.9 Å². The summed E-state index contributed by atoms with van der Waals surface area (Å²) in [7, 11) is 3.47. The monoisotopic (exact) mass is 492 g/mol. The molecule has 6 nitrogen and oxygen atoms in total. The van der Waals surface area contributed by atoms with Crippen LogP contribution in [0.3, 0.4) is 0 Å². The molecule has 0 spiro atoms. The van der Waals surface area contributed by atoms with Gasteiger partial charge in [-0.1, -0.05) is 72.8 Å². The molecule has 1 atom stereocenters. The maximum absolute atomic E-state index is 13.6. The van der Waals surface area contributed by atoms with Crippen molar-refractivity contribution in [1.29, 1.82) is 0 Å². The fourth-order valence-electron chi connectivity index (χ4n) is 4.86. The van der Waals surface area contributed by atoms with Crippen LogP contribution in [0.5, 0.6) is 0 Å². The molecular formula is C31H32N4O2. The standard InChI is InChI=1S/C31H32N4O2/c1-23(24-10-5-4-6-11-24)35-22-32-18-26(35)19-34-20-29(30(21-34)31(36)33(2)16-17-37-3)28-15-9-13-25-12-7-8-14-27(25)28/h4-15,18,20-23H,16-17,19H2,1-3H3. The summed E-state index contributed by atoms with van der Waals surface area (Å²) in [5, 5.41) is 2.27. The summed E-state index contributed by atoms with van der Waals surface area (Å²) in [6.45, 7) is 3.79. The maximum atomic E-state index is 13.6. The molecule has 0 bridgehead atoms. The highest BCUT2D eigenvalue weighted by Crippen LogP contribution is 2.33. The second kappa shape index (κ2) is 10.8. The third-order valence-electron chi connectivity index (χ3n) is 6.96. The Kier molecular flexibility index (Phi) is 7.19. The Labute approximate surface area is 217 Å². The molecule has 0 aliphatic heterocycles. The van der Waals surface area contributed by atoms with Gasteiger partial charge in [0.05, 0.1) is 36.8 Å². The fourth-order valence-corrected chi connectivity index (χ4v) is 4.86. The van der Waals surface area contributed by atoms with Gasteiger partial charge in [-0.15, -0.1) is 0 Å². The first-order valence-corrected chi connectivity index (χ1v) is 12.5. The second-order valence-corrected chi connectivity index (χ2v) is 9.38. The third-order valence-corrected chi connectivity index (χ3v) is 6.96. The van der Waals surface area contributed by atoms with Crippen molar-refractivity contribution in [2.24, 2.45) is 0 Å². The molecule has 0 saturated carbocycles. The van der Waals surface area contributed by atoms with Crippen LogP contribution in [-0.4, -0.2) is 52.2 Å². The number of nitrogens with zero attached hydrogens (tertiary/aromatic N) is 4. The zero-order valence-electron chi connectivity index (χ0n) is 21.5. The second-order valence-electron chi connectivity index (χ2n) is 9.38. The Bertz CT molecular complexity index is 1500. The molecule has 3 aromatic carbocycles. The molecule has 188 valence electrons. The van der Waals surface area contributed by atoms with E-state index in [-0.39, 0.29) is 11.9 Å². The van der Waals surface area contributed by atoms with Crippen LogP contribution < -0.4 is 0 Å². The van der Waals surface area contributed by atoms with Crippen molar-refractivity contribution in [3.8, 4) is 11.1 Å². The number of carbonyl (C=O) groups excluding carboxylic acids is 1. The van der Waals surface area contributed by atoms with Gasteiger partial charge in [0.2, 0.25) is 0 Å². The van der Waals surface area contributed by atoms with Gasteiger partial charge in [-0.05, 0) is 28.8 Å². The van der Waals surface area contributed by atoms with E-state index in [0.29, 0.717) is 25.3 Å². The summed E-state index contributed by atoms with van der Waals surface area (Å²) in [4.78, 5) is 19.8. The van der Waals surface area contributed by atoms with E-state index in [0.717, 1.165) is 27.6 Å². The first-order chi connectivity index (χ1) is 18.1. The van der Waals surface area contributed by atoms with Crippen molar-refractivity contribution in [2.45, 2.75) is 19.5 Å². The highest BCUT2D eigenvalue weighted by atomic mass is 16.5. The Morgan fingerprint density at radius 1 is 0.973 bits per heavy atom. The van der Waals surface area contributed by atoms with Crippen LogP contribution in [0, 0.1) is 0 Å². The highest BCUT2D eigenvalue weighted by Gasteiger charge is 2.21. The van der Waals surface area contributed by atoms with Crippen molar-refractivity contribution < 1.29 is 9.53 Å². The van der Waals surface area contributed by atoms with Crippen LogP contribution in [0.4, 0.5) is 0 Å². The minimum absolute atomic E-state index is 0.0232. The molecule has 2 aromatic heterocycles. The van der Waals surface area contributed by atoms with Gasteiger partial charge in [-0.2, -0.15) is 0 Å². The van der Waals surface area contributed by atoms with Gasteiger partial charge in [-0.3, -0.25) is 4.79 Å². The first-order valence-electron chi connectivity index (χ1n) is 12.5. The van der Waals surface area contributed by atoms with Crippen molar-refractivity contribution in [2.75, 3.05) is 27.3 Å². The van der Waals surface area contributed by atoms with Crippen LogP contribution in [0.25, 0.3) is 21.9 Å². The van der Waals surface area contributed by atoms with Crippen LogP contribution >= 0.6 is 0 Å². The smallest absolute Gasteiger partial charge is 0.255 e. The summed E-state index contributed by atoms with van der Waals surface area (Å²) in [6, 6.07) is 25.1. The average Bonchev–Trinajstić information content (AvgIpc) is 3.58. The highest BCUT2D eigenvalue weighted by molar-refractivity contribution is 6.05. The van der Waals surface area contributed by atoms with Crippen LogP contribution in [-0.2, 0) is 11.3 Å². The Morgan fingerprint density at radius 3 is 2.54 bits per heavy atom. The van der Waals surface area contributed by atoms with E-state index in [1.807, 2.05) is 44.0 Å². The summed E-state index contributed by atoms with van der Waals surface area (Å²) in [6.07, 6.45) is 7.84. The Morgan fingerprint density at radius 2 is 1.73 bits per heavy atom. The van der Waals surface area contributed by atoms with Gasteiger partial charge in [0.15, 0.2) is 0 Å². The summed E-state index contributed by atoms with van der Waals surface area (Å²) in [5.74, 6) is -0.0232. The predicted octanol–water partition coefficient (Wildman–Crippen LogP) is 5.88. The van der Waals surface area contributed by atoms with Crippen molar-refractivity contribution in [3.05, 3.63) is 115 Å². The molecule has 0 fully saturated rings. The molecule has 1 unspecified atom stereocenters. The third kappa shape index (κ3) is 5.06. The number of fused-ring (bicyclic) bond motifs is 1. The topological polar surface area (TPSA) is 52.3 Å². The van der Waals surface area contributed by atoms with E-state index in [1.165, 1.54) is 5.56 Å². The summed E-state index contributed by atoms with van der Waals surface area (Å²) < 4.78 is 9.50. The lowest BCUT2D eigenvalue weighted by molar-refractivity contribution is 0.0745. The molecule has 0 radical (unpaired) electrons. The van der Waals surface area contributed by atoms with Crippen molar-refractivity contribution >= 4 is 16.7 Å². The van der Waals surface area contributed by atoms with Crippen LogP contribution in [0.15, 0.2) is 97.7 Å². The predicted molar refractivity (Wildman–Crippen MR) is 148 cm³/mol. The number of hydrogen-bond donors (Lipinski definition) is 0. The van der Waals surface area contributed by atoms with E-state index in [1.54, 1.807) is 12.0 Å². The number of hydrogen-bond acceptors (Lipinski definition) is 3. The van der Waals surface area contributed by atoms with E-state index in [9.17, 15) is 4.79 Å². The van der Waals surface area contributed by atoms with Crippen molar-refractivity contribution in [3.63, 3.8) is 0 Å². The zero-order valence-corrected chi connectivity index (χ0v) is 21.5. The van der Waals surface area contributed by atoms with Gasteiger partial charge in [0.1, 0.15) is 0 Å². The molecular weight excluding hydrogens is 460 g/mol. The number of ether oxygens (including phenoxy) is 1. The van der Waals surface area contributed by atoms with E-state index in [4.69, 9.17) is 4.74 Å². The Balaban J connectivity index is 1.55. The molecule has 37 heavy (non-hydrogen) atoms. The van der Waals surface area contributed by atoms with Crippen LogP contribution in [0.2, 0.25) is 0 Å². The lowest BCUT2D eigenvalue weighted by Crippen LogP contribution is -2.30. The number of likely N-dealkylation sites (N-methyl/N-ethyl adjacent to an activating group) is 1. The SMILES string of the molecule is COCCN(C)C(=O)c1cn(Cc2cncn2C(C)c2ccccc2)cc1-c1cccc2ccccc12. The average molecular weight is 493 g/mol. The van der Waals surface area contributed by atoms with E-state index >= 15 is 0 Å². The van der Waals surface area contributed by atoms with E-state index < -0.39 is 0 Å². The first kappa shape index (κ1) is 24.5. The summed E-state index contributed by atoms with van der Waals surface area (Å²) in [5.41, 5.74) is 4.95. The number of aromatic nitrogens is 3. The lowest BCUT2D eigenvalue weighted by atomic mass is 9.97. The van der Waals surface area contributed by atoms with Gasteiger partial charge in [0.25, 0.3) is 5.91 Å². The number of benzene rings is 3. The fraction of sp³-hybridized carbons (Fsp3) is 0.226. The van der Waals surface area contributed by atoms with Gasteiger partial charge >= 0.3 is 0 Å². The quantitative estimate of drug-likeness (QED) is 0.258. The maximum Gasteiger partial charge on any atom is 0.255 e. The minimum Gasteiger partial charge on any atom is -0.383 e. The molecule has 5 aromatic rings. The molecule has 6 heteroatoms. The van der Waals surface area contributed by atoms with Gasteiger partial charge in [-0.25, -0.2) is 4.98 Å². The number of imidazole rings is 1. The van der Waals surface area contributed by atoms with Crippen LogP contribution in [0.1, 0.15) is 34.6 Å². The molecule has 5 rings (SSSR count). The molecule has 0 saturated heterocycles. The normalized spacial score (nSPS) is 12.1. The molecule has 2 heterocycles. The molecule has 0 N–H and O–H groups in total. The van der Waals surface area contributed by atoms with Gasteiger partial charge < -0.3 is 18.8 Å². The number of amides is 1. The molecule has 0 aliphatic carbocycles. The largest absolute Gasteiger partial charge is 0.383 e. The minimum atomic E-state index is -0.0232. The number of methoxy groups -OCH3 is 1. The number of carbonyl (C=O) groups is 1. The Hall–Kier alpha value is -4.16.